The standard InChI is InChI=1S/C18H13BrClNO2/c1-9-6-12-14(7-13(9)20)21-15-8-23-18(22)17(15)16(12)10-2-4-11(19)5-3-10/h2-7,16,21H,8H2,1H3. The summed E-state index contributed by atoms with van der Waals surface area (Å²) < 4.78 is 6.25. The fraction of sp³-hybridized carbons (Fsp3) is 0.167. The molecule has 0 saturated carbocycles. The molecule has 0 fully saturated rings. The second-order valence-electron chi connectivity index (χ2n) is 5.77. The fourth-order valence-corrected chi connectivity index (χ4v) is 3.61. The van der Waals surface area contributed by atoms with Crippen LogP contribution in [0.5, 0.6) is 0 Å². The summed E-state index contributed by atoms with van der Waals surface area (Å²) >= 11 is 9.73. The van der Waals surface area contributed by atoms with Crippen LogP contribution < -0.4 is 5.32 Å². The van der Waals surface area contributed by atoms with Crippen LogP contribution in [0.1, 0.15) is 22.6 Å². The van der Waals surface area contributed by atoms with Gasteiger partial charge in [-0.05, 0) is 41.8 Å². The van der Waals surface area contributed by atoms with E-state index in [1.807, 2.05) is 43.3 Å². The van der Waals surface area contributed by atoms with E-state index in [-0.39, 0.29) is 18.5 Å². The van der Waals surface area contributed by atoms with E-state index in [1.54, 1.807) is 0 Å². The van der Waals surface area contributed by atoms with Gasteiger partial charge in [-0.2, -0.15) is 0 Å². The van der Waals surface area contributed by atoms with Gasteiger partial charge in [0.05, 0.1) is 11.3 Å². The first-order valence-corrected chi connectivity index (χ1v) is 8.44. The molecule has 23 heavy (non-hydrogen) atoms. The first kappa shape index (κ1) is 14.8. The van der Waals surface area contributed by atoms with Crippen molar-refractivity contribution in [3.8, 4) is 0 Å². The molecule has 116 valence electrons. The Balaban J connectivity index is 1.95. The number of carbonyl (C=O) groups is 1. The summed E-state index contributed by atoms with van der Waals surface area (Å²) in [6, 6.07) is 12.0. The summed E-state index contributed by atoms with van der Waals surface area (Å²) in [7, 11) is 0. The highest BCUT2D eigenvalue weighted by atomic mass is 79.9. The molecule has 0 bridgehead atoms. The summed E-state index contributed by atoms with van der Waals surface area (Å²) in [5, 5.41) is 4.02. The molecule has 1 atom stereocenters. The molecule has 0 aromatic heterocycles. The zero-order chi connectivity index (χ0) is 16.1. The molecule has 3 nitrogen and oxygen atoms in total. The summed E-state index contributed by atoms with van der Waals surface area (Å²) in [4.78, 5) is 12.3. The number of cyclic esters (lactones) is 1. The van der Waals surface area contributed by atoms with Crippen LogP contribution in [0.15, 0.2) is 52.1 Å². The Bertz CT molecular complexity index is 858. The molecule has 2 aromatic carbocycles. The molecule has 1 unspecified atom stereocenters. The zero-order valence-electron chi connectivity index (χ0n) is 12.3. The van der Waals surface area contributed by atoms with Crippen molar-refractivity contribution in [3.63, 3.8) is 0 Å². The van der Waals surface area contributed by atoms with Gasteiger partial charge in [0.15, 0.2) is 0 Å². The number of hydrogen-bond acceptors (Lipinski definition) is 3. The summed E-state index contributed by atoms with van der Waals surface area (Å²) in [6.07, 6.45) is 0. The van der Waals surface area contributed by atoms with Crippen molar-refractivity contribution in [3.05, 3.63) is 73.9 Å². The van der Waals surface area contributed by atoms with Gasteiger partial charge >= 0.3 is 5.97 Å². The van der Waals surface area contributed by atoms with Crippen LogP contribution in [0.2, 0.25) is 5.02 Å². The molecule has 0 aliphatic carbocycles. The summed E-state index contributed by atoms with van der Waals surface area (Å²) in [5.74, 6) is -0.390. The smallest absolute Gasteiger partial charge is 0.337 e. The van der Waals surface area contributed by atoms with Gasteiger partial charge in [0.25, 0.3) is 0 Å². The van der Waals surface area contributed by atoms with Gasteiger partial charge in [-0.3, -0.25) is 0 Å². The lowest BCUT2D eigenvalue weighted by molar-refractivity contribution is -0.136. The van der Waals surface area contributed by atoms with Crippen molar-refractivity contribution in [1.82, 2.24) is 0 Å². The van der Waals surface area contributed by atoms with E-state index in [9.17, 15) is 4.79 Å². The minimum atomic E-state index is -0.251. The number of benzene rings is 2. The second kappa shape index (κ2) is 5.39. The molecule has 0 radical (unpaired) electrons. The molecule has 0 spiro atoms. The lowest BCUT2D eigenvalue weighted by atomic mass is 9.81. The Hall–Kier alpha value is -1.78. The third kappa shape index (κ3) is 2.37. The molecule has 0 saturated heterocycles. The van der Waals surface area contributed by atoms with Crippen molar-refractivity contribution in [2.45, 2.75) is 12.8 Å². The first-order chi connectivity index (χ1) is 11.0. The Kier molecular flexibility index (Phi) is 3.47. The normalized spacial score (nSPS) is 19.1. The number of esters is 1. The van der Waals surface area contributed by atoms with E-state index >= 15 is 0 Å². The Morgan fingerprint density at radius 1 is 1.26 bits per heavy atom. The number of hydrogen-bond donors (Lipinski definition) is 1. The number of fused-ring (bicyclic) bond motifs is 1. The third-order valence-electron chi connectivity index (χ3n) is 4.31. The van der Waals surface area contributed by atoms with Crippen molar-refractivity contribution >= 4 is 39.2 Å². The predicted molar refractivity (Wildman–Crippen MR) is 93.8 cm³/mol. The third-order valence-corrected chi connectivity index (χ3v) is 5.25. The average molecular weight is 391 g/mol. The maximum Gasteiger partial charge on any atom is 0.337 e. The van der Waals surface area contributed by atoms with Crippen LogP contribution in [-0.4, -0.2) is 12.6 Å². The fourth-order valence-electron chi connectivity index (χ4n) is 3.18. The van der Waals surface area contributed by atoms with Crippen molar-refractivity contribution in [2.24, 2.45) is 0 Å². The van der Waals surface area contributed by atoms with Crippen molar-refractivity contribution in [1.29, 1.82) is 0 Å². The zero-order valence-corrected chi connectivity index (χ0v) is 14.7. The number of ether oxygens (including phenoxy) is 1. The molecule has 2 aliphatic rings. The van der Waals surface area contributed by atoms with Crippen molar-refractivity contribution < 1.29 is 9.53 Å². The van der Waals surface area contributed by atoms with Crippen LogP contribution in [-0.2, 0) is 9.53 Å². The molecule has 4 rings (SSSR count). The van der Waals surface area contributed by atoms with E-state index in [4.69, 9.17) is 16.3 Å². The van der Waals surface area contributed by atoms with E-state index in [0.717, 1.165) is 32.5 Å². The largest absolute Gasteiger partial charge is 0.456 e. The first-order valence-electron chi connectivity index (χ1n) is 7.27. The van der Waals surface area contributed by atoms with Gasteiger partial charge in [0.2, 0.25) is 0 Å². The molecule has 5 heteroatoms. The Morgan fingerprint density at radius 3 is 2.74 bits per heavy atom. The van der Waals surface area contributed by atoms with Gasteiger partial charge < -0.3 is 10.1 Å². The number of anilines is 1. The predicted octanol–water partition coefficient (Wildman–Crippen LogP) is 4.78. The SMILES string of the molecule is Cc1cc2c(cc1Cl)NC1=C(C(=O)OC1)C2c1ccc(Br)cc1. The van der Waals surface area contributed by atoms with E-state index in [1.165, 1.54) is 0 Å². The highest BCUT2D eigenvalue weighted by Gasteiger charge is 2.38. The topological polar surface area (TPSA) is 38.3 Å². The number of nitrogens with one attached hydrogen (secondary N) is 1. The van der Waals surface area contributed by atoms with E-state index < -0.39 is 0 Å². The van der Waals surface area contributed by atoms with Crippen LogP contribution in [0.25, 0.3) is 0 Å². The van der Waals surface area contributed by atoms with Gasteiger partial charge in [0.1, 0.15) is 6.61 Å². The minimum Gasteiger partial charge on any atom is -0.456 e. The Labute approximate surface area is 147 Å². The van der Waals surface area contributed by atoms with Crippen LogP contribution >= 0.6 is 27.5 Å². The van der Waals surface area contributed by atoms with Crippen LogP contribution in [0.3, 0.4) is 0 Å². The molecule has 2 aromatic rings. The number of carbonyl (C=O) groups excluding carboxylic acids is 1. The van der Waals surface area contributed by atoms with E-state index in [2.05, 4.69) is 21.2 Å². The minimum absolute atomic E-state index is 0.139. The second-order valence-corrected chi connectivity index (χ2v) is 7.09. The van der Waals surface area contributed by atoms with Gasteiger partial charge in [-0.15, -0.1) is 0 Å². The molecule has 0 amide bonds. The van der Waals surface area contributed by atoms with Gasteiger partial charge in [-0.1, -0.05) is 45.7 Å². The maximum atomic E-state index is 12.3. The molecular formula is C18H13BrClNO2. The quantitative estimate of drug-likeness (QED) is 0.712. The van der Waals surface area contributed by atoms with Crippen LogP contribution in [0.4, 0.5) is 5.69 Å². The highest BCUT2D eigenvalue weighted by molar-refractivity contribution is 9.10. The Morgan fingerprint density at radius 2 is 2.00 bits per heavy atom. The van der Waals surface area contributed by atoms with Gasteiger partial charge in [-0.25, -0.2) is 4.79 Å². The highest BCUT2D eigenvalue weighted by Crippen LogP contribution is 2.45. The number of aryl methyl sites for hydroxylation is 1. The molecule has 2 heterocycles. The van der Waals surface area contributed by atoms with Gasteiger partial charge in [0, 0.05) is 21.1 Å². The molecular weight excluding hydrogens is 378 g/mol. The number of rotatable bonds is 1. The van der Waals surface area contributed by atoms with Crippen molar-refractivity contribution in [2.75, 3.05) is 11.9 Å². The lowest BCUT2D eigenvalue weighted by Crippen LogP contribution is -2.20. The summed E-state index contributed by atoms with van der Waals surface area (Å²) in [6.45, 7) is 2.25. The van der Waals surface area contributed by atoms with Crippen LogP contribution in [0, 0.1) is 6.92 Å². The average Bonchev–Trinajstić information content (AvgIpc) is 2.89. The number of halogens is 2. The maximum absolute atomic E-state index is 12.3. The molecule has 2 aliphatic heterocycles. The monoisotopic (exact) mass is 389 g/mol. The van der Waals surface area contributed by atoms with E-state index in [0.29, 0.717) is 10.6 Å². The molecule has 1 N–H and O–H groups in total. The lowest BCUT2D eigenvalue weighted by Gasteiger charge is -2.28. The summed E-state index contributed by atoms with van der Waals surface area (Å²) in [5.41, 5.74) is 5.56.